The number of benzene rings is 1. The monoisotopic (exact) mass is 364 g/mol. The van der Waals surface area contributed by atoms with Crippen molar-refractivity contribution in [2.45, 2.75) is 42.6 Å². The number of thioether (sulfide) groups is 1. The second-order valence-corrected chi connectivity index (χ2v) is 7.61. The number of nitrogens with zero attached hydrogens (tertiary/aromatic N) is 4. The first-order valence-electron chi connectivity index (χ1n) is 8.88. The molecule has 132 valence electrons. The normalized spacial score (nSPS) is 17.4. The number of ketones is 1. The van der Waals surface area contributed by atoms with Crippen LogP contribution in [-0.4, -0.2) is 30.8 Å². The summed E-state index contributed by atoms with van der Waals surface area (Å²) in [6.45, 7) is 0.668. The van der Waals surface area contributed by atoms with Crippen molar-refractivity contribution in [3.05, 3.63) is 60.4 Å². The smallest absolute Gasteiger partial charge is 0.192 e. The highest BCUT2D eigenvalue weighted by Gasteiger charge is 2.26. The summed E-state index contributed by atoms with van der Waals surface area (Å²) in [6, 6.07) is 14.1. The highest BCUT2D eigenvalue weighted by molar-refractivity contribution is 8.00. The Kier molecular flexibility index (Phi) is 5.11. The molecule has 0 unspecified atom stereocenters. The van der Waals surface area contributed by atoms with Crippen molar-refractivity contribution in [3.63, 3.8) is 0 Å². The lowest BCUT2D eigenvalue weighted by Gasteiger charge is -2.20. The van der Waals surface area contributed by atoms with E-state index in [1.807, 2.05) is 30.3 Å². The van der Waals surface area contributed by atoms with Gasteiger partial charge in [0.2, 0.25) is 0 Å². The minimum atomic E-state index is -0.00998. The van der Waals surface area contributed by atoms with Crippen molar-refractivity contribution in [2.24, 2.45) is 0 Å². The van der Waals surface area contributed by atoms with Crippen LogP contribution in [0.2, 0.25) is 0 Å². The summed E-state index contributed by atoms with van der Waals surface area (Å²) >= 11 is 1.55. The zero-order chi connectivity index (χ0) is 17.8. The number of hydrogen-bond acceptors (Lipinski definition) is 5. The van der Waals surface area contributed by atoms with Gasteiger partial charge in [-0.2, -0.15) is 0 Å². The van der Waals surface area contributed by atoms with Crippen LogP contribution in [0, 0.1) is 0 Å². The van der Waals surface area contributed by atoms with E-state index in [9.17, 15) is 4.79 Å². The minimum Gasteiger partial charge on any atom is -0.298 e. The van der Waals surface area contributed by atoms with Gasteiger partial charge in [-0.15, -0.1) is 10.2 Å². The molecule has 0 spiro atoms. The van der Waals surface area contributed by atoms with Crippen molar-refractivity contribution in [3.8, 4) is 11.4 Å². The molecule has 3 aromatic rings. The molecule has 1 aliphatic carbocycles. The molecular weight excluding hydrogens is 344 g/mol. The Balaban J connectivity index is 1.69. The van der Waals surface area contributed by atoms with Gasteiger partial charge in [0.1, 0.15) is 5.78 Å². The molecule has 0 aliphatic heterocycles. The summed E-state index contributed by atoms with van der Waals surface area (Å²) in [5.41, 5.74) is 2.10. The molecule has 26 heavy (non-hydrogen) atoms. The van der Waals surface area contributed by atoms with Crippen LogP contribution in [0.25, 0.3) is 11.4 Å². The van der Waals surface area contributed by atoms with Gasteiger partial charge in [-0.1, -0.05) is 48.5 Å². The molecule has 4 rings (SSSR count). The Hall–Kier alpha value is -2.47. The second kappa shape index (κ2) is 7.83. The van der Waals surface area contributed by atoms with Crippen molar-refractivity contribution in [2.75, 3.05) is 0 Å². The number of pyridine rings is 1. The van der Waals surface area contributed by atoms with Gasteiger partial charge < -0.3 is 0 Å². The lowest BCUT2D eigenvalue weighted by Crippen LogP contribution is -2.22. The van der Waals surface area contributed by atoms with Crippen LogP contribution in [0.5, 0.6) is 0 Å². The van der Waals surface area contributed by atoms with E-state index in [2.05, 4.69) is 31.9 Å². The molecule has 1 saturated carbocycles. The van der Waals surface area contributed by atoms with Gasteiger partial charge in [0.15, 0.2) is 11.0 Å². The molecule has 0 radical (unpaired) electrons. The van der Waals surface area contributed by atoms with Crippen LogP contribution in [0.1, 0.15) is 31.2 Å². The molecule has 0 bridgehead atoms. The fraction of sp³-hybridized carbons (Fsp3) is 0.300. The molecule has 5 nitrogen and oxygen atoms in total. The van der Waals surface area contributed by atoms with Gasteiger partial charge in [0.05, 0.1) is 11.8 Å². The number of aromatic nitrogens is 4. The van der Waals surface area contributed by atoms with Crippen LogP contribution in [0.15, 0.2) is 60.0 Å². The van der Waals surface area contributed by atoms with Crippen LogP contribution in [0.4, 0.5) is 0 Å². The lowest BCUT2D eigenvalue weighted by atomic mass is 9.99. The maximum atomic E-state index is 12.3. The predicted octanol–water partition coefficient (Wildman–Crippen LogP) is 3.99. The average Bonchev–Trinajstić information content (AvgIpc) is 3.07. The third kappa shape index (κ3) is 3.70. The standard InChI is InChI=1S/C20H20N4OS/c25-17-10-4-5-11-18(17)26-20-23-22-19(16-9-6-12-21-13-16)24(20)14-15-7-2-1-3-8-15/h1-3,6-9,12-13,18H,4-5,10-11,14H2/t18-/m0/s1. The first-order chi connectivity index (χ1) is 12.8. The topological polar surface area (TPSA) is 60.7 Å². The number of Topliss-reactive ketones (excluding diaryl/α,β-unsaturated/α-hetero) is 1. The molecule has 0 N–H and O–H groups in total. The number of carbonyl (C=O) groups is 1. The van der Waals surface area contributed by atoms with E-state index in [1.54, 1.807) is 24.2 Å². The third-order valence-electron chi connectivity index (χ3n) is 4.57. The second-order valence-electron chi connectivity index (χ2n) is 6.44. The SMILES string of the molecule is O=C1CCCC[C@@H]1Sc1nnc(-c2cccnc2)n1Cc1ccccc1. The summed E-state index contributed by atoms with van der Waals surface area (Å²) in [4.78, 5) is 16.5. The summed E-state index contributed by atoms with van der Waals surface area (Å²) in [7, 11) is 0. The molecule has 0 saturated heterocycles. The average molecular weight is 364 g/mol. The van der Waals surface area contributed by atoms with Crippen LogP contribution in [-0.2, 0) is 11.3 Å². The van der Waals surface area contributed by atoms with Crippen LogP contribution >= 0.6 is 11.8 Å². The Bertz CT molecular complexity index is 879. The maximum Gasteiger partial charge on any atom is 0.192 e. The summed E-state index contributed by atoms with van der Waals surface area (Å²) in [6.07, 6.45) is 7.26. The summed E-state index contributed by atoms with van der Waals surface area (Å²) in [5, 5.41) is 9.62. The molecule has 1 aromatic carbocycles. The van der Waals surface area contributed by atoms with E-state index in [1.165, 1.54) is 5.56 Å². The van der Waals surface area contributed by atoms with Gasteiger partial charge in [0, 0.05) is 24.4 Å². The van der Waals surface area contributed by atoms with Crippen LogP contribution < -0.4 is 0 Å². The Morgan fingerprint density at radius 3 is 2.73 bits per heavy atom. The van der Waals surface area contributed by atoms with Gasteiger partial charge in [-0.25, -0.2) is 0 Å². The van der Waals surface area contributed by atoms with E-state index in [-0.39, 0.29) is 5.25 Å². The number of hydrogen-bond donors (Lipinski definition) is 0. The Labute approximate surface area is 156 Å². The summed E-state index contributed by atoms with van der Waals surface area (Å²) in [5.74, 6) is 1.12. The number of carbonyl (C=O) groups excluding carboxylic acids is 1. The summed E-state index contributed by atoms with van der Waals surface area (Å²) < 4.78 is 2.10. The highest BCUT2D eigenvalue weighted by atomic mass is 32.2. The van der Waals surface area contributed by atoms with E-state index in [0.717, 1.165) is 35.8 Å². The van der Waals surface area contributed by atoms with Gasteiger partial charge in [-0.3, -0.25) is 14.3 Å². The van der Waals surface area contributed by atoms with E-state index >= 15 is 0 Å². The maximum absolute atomic E-state index is 12.3. The number of rotatable bonds is 5. The fourth-order valence-electron chi connectivity index (χ4n) is 3.20. The molecule has 0 amide bonds. The zero-order valence-corrected chi connectivity index (χ0v) is 15.2. The zero-order valence-electron chi connectivity index (χ0n) is 14.4. The Morgan fingerprint density at radius 1 is 1.08 bits per heavy atom. The quantitative estimate of drug-likeness (QED) is 0.685. The largest absolute Gasteiger partial charge is 0.298 e. The molecule has 1 aliphatic rings. The first-order valence-corrected chi connectivity index (χ1v) is 9.76. The Morgan fingerprint density at radius 2 is 1.96 bits per heavy atom. The molecule has 1 fully saturated rings. The molecule has 1 atom stereocenters. The van der Waals surface area contributed by atoms with Gasteiger partial charge >= 0.3 is 0 Å². The molecular formula is C20H20N4OS. The molecule has 2 heterocycles. The first kappa shape index (κ1) is 17.0. The van der Waals surface area contributed by atoms with E-state index in [4.69, 9.17) is 0 Å². The third-order valence-corrected chi connectivity index (χ3v) is 5.86. The van der Waals surface area contributed by atoms with E-state index in [0.29, 0.717) is 18.7 Å². The fourth-order valence-corrected chi connectivity index (χ4v) is 4.35. The van der Waals surface area contributed by atoms with Crippen molar-refractivity contribution in [1.29, 1.82) is 0 Å². The van der Waals surface area contributed by atoms with Gasteiger partial charge in [-0.05, 0) is 30.5 Å². The lowest BCUT2D eigenvalue weighted by molar-refractivity contribution is -0.119. The van der Waals surface area contributed by atoms with Crippen LogP contribution in [0.3, 0.4) is 0 Å². The van der Waals surface area contributed by atoms with Crippen molar-refractivity contribution < 1.29 is 4.79 Å². The van der Waals surface area contributed by atoms with E-state index < -0.39 is 0 Å². The van der Waals surface area contributed by atoms with Gasteiger partial charge in [0.25, 0.3) is 0 Å². The molecule has 2 aromatic heterocycles. The molecule has 6 heteroatoms. The predicted molar refractivity (Wildman–Crippen MR) is 102 cm³/mol. The van der Waals surface area contributed by atoms with Crippen molar-refractivity contribution in [1.82, 2.24) is 19.7 Å². The van der Waals surface area contributed by atoms with Crippen molar-refractivity contribution >= 4 is 17.5 Å². The highest BCUT2D eigenvalue weighted by Crippen LogP contribution is 2.33. The minimum absolute atomic E-state index is 0.00998.